The normalized spacial score (nSPS) is 21.1. The number of piperazine rings is 1. The molecule has 112 valence electrons. The van der Waals surface area contributed by atoms with Crippen LogP contribution < -0.4 is 10.6 Å². The largest absolute Gasteiger partial charge is 0.376 e. The van der Waals surface area contributed by atoms with Gasteiger partial charge in [0.1, 0.15) is 6.04 Å². The van der Waals surface area contributed by atoms with Gasteiger partial charge in [-0.05, 0) is 17.5 Å². The summed E-state index contributed by atoms with van der Waals surface area (Å²) in [7, 11) is 0. The van der Waals surface area contributed by atoms with E-state index >= 15 is 0 Å². The molecule has 0 aromatic heterocycles. The van der Waals surface area contributed by atoms with Crippen LogP contribution >= 0.6 is 0 Å². The summed E-state index contributed by atoms with van der Waals surface area (Å²) in [5.41, 5.74) is 3.21. The van der Waals surface area contributed by atoms with Gasteiger partial charge in [0, 0.05) is 12.1 Å². The Balaban J connectivity index is 1.64. The first-order valence-corrected chi connectivity index (χ1v) is 7.56. The van der Waals surface area contributed by atoms with Crippen molar-refractivity contribution in [2.24, 2.45) is 0 Å². The van der Waals surface area contributed by atoms with Crippen molar-refractivity contribution in [3.05, 3.63) is 84.1 Å². The number of hydrogen-bond acceptors (Lipinski definition) is 2. The molecular weight excluding hydrogens is 272 g/mol. The van der Waals surface area contributed by atoms with Gasteiger partial charge < -0.3 is 10.6 Å². The number of nitrogens with one attached hydrogen (secondary N) is 2. The number of hydrogen-bond donors (Lipinski definition) is 2. The Labute approximate surface area is 131 Å². The summed E-state index contributed by atoms with van der Waals surface area (Å²) in [4.78, 5) is 12.3. The highest BCUT2D eigenvalue weighted by molar-refractivity contribution is 5.84. The van der Waals surface area contributed by atoms with Crippen molar-refractivity contribution in [3.63, 3.8) is 0 Å². The van der Waals surface area contributed by atoms with Gasteiger partial charge in [-0.1, -0.05) is 67.2 Å². The molecule has 1 aliphatic heterocycles. The fourth-order valence-corrected chi connectivity index (χ4v) is 2.77. The standard InChI is InChI=1S/C19H20N2O/c1-14-17(12-15-8-4-2-5-9-15)21-19(22)18(20-14)13-16-10-6-3-7-11-16/h2-11,17-18,20H,1,12-13H2,(H,21,22). The fourth-order valence-electron chi connectivity index (χ4n) is 2.77. The molecular formula is C19H20N2O. The second-order valence-electron chi connectivity index (χ2n) is 5.66. The Morgan fingerprint density at radius 3 is 1.82 bits per heavy atom. The summed E-state index contributed by atoms with van der Waals surface area (Å²) in [6.07, 6.45) is 1.43. The zero-order valence-corrected chi connectivity index (χ0v) is 12.5. The van der Waals surface area contributed by atoms with E-state index in [2.05, 4.69) is 29.3 Å². The molecule has 3 nitrogen and oxygen atoms in total. The van der Waals surface area contributed by atoms with Gasteiger partial charge >= 0.3 is 0 Å². The van der Waals surface area contributed by atoms with Crippen LogP contribution in [0.3, 0.4) is 0 Å². The smallest absolute Gasteiger partial charge is 0.243 e. The number of amides is 1. The molecule has 2 atom stereocenters. The van der Waals surface area contributed by atoms with Gasteiger partial charge in [-0.3, -0.25) is 4.79 Å². The maximum atomic E-state index is 12.3. The SMILES string of the molecule is C=C1NC(Cc2ccccc2)C(=O)NC1Cc1ccccc1. The molecule has 0 saturated carbocycles. The Morgan fingerprint density at radius 2 is 1.27 bits per heavy atom. The first-order valence-electron chi connectivity index (χ1n) is 7.56. The molecule has 0 radical (unpaired) electrons. The molecule has 1 amide bonds. The van der Waals surface area contributed by atoms with Crippen LogP contribution in [0.2, 0.25) is 0 Å². The van der Waals surface area contributed by atoms with Crippen LogP contribution in [0.15, 0.2) is 72.9 Å². The third kappa shape index (κ3) is 3.37. The molecule has 1 fully saturated rings. The van der Waals surface area contributed by atoms with E-state index in [0.29, 0.717) is 6.42 Å². The highest BCUT2D eigenvalue weighted by Gasteiger charge is 2.29. The van der Waals surface area contributed by atoms with Crippen molar-refractivity contribution in [2.45, 2.75) is 24.9 Å². The summed E-state index contributed by atoms with van der Waals surface area (Å²) in [5.74, 6) is 0.0391. The van der Waals surface area contributed by atoms with Crippen LogP contribution in [0.5, 0.6) is 0 Å². The van der Waals surface area contributed by atoms with Gasteiger partial charge in [-0.2, -0.15) is 0 Å². The summed E-state index contributed by atoms with van der Waals surface area (Å²) in [6, 6.07) is 19.9. The molecule has 1 saturated heterocycles. The number of carbonyl (C=O) groups is 1. The Bertz CT molecular complexity index is 592. The van der Waals surface area contributed by atoms with Crippen LogP contribution in [-0.2, 0) is 17.6 Å². The Morgan fingerprint density at radius 1 is 0.773 bits per heavy atom. The van der Waals surface area contributed by atoms with Gasteiger partial charge in [-0.25, -0.2) is 0 Å². The van der Waals surface area contributed by atoms with Gasteiger partial charge in [0.25, 0.3) is 0 Å². The fraction of sp³-hybridized carbons (Fsp3) is 0.211. The van der Waals surface area contributed by atoms with Crippen LogP contribution in [0, 0.1) is 0 Å². The van der Waals surface area contributed by atoms with Crippen LogP contribution in [-0.4, -0.2) is 18.0 Å². The zero-order valence-electron chi connectivity index (χ0n) is 12.5. The predicted molar refractivity (Wildman–Crippen MR) is 88.3 cm³/mol. The lowest BCUT2D eigenvalue weighted by atomic mass is 9.97. The van der Waals surface area contributed by atoms with Gasteiger partial charge in [0.2, 0.25) is 5.91 Å². The van der Waals surface area contributed by atoms with E-state index in [4.69, 9.17) is 0 Å². The van der Waals surface area contributed by atoms with E-state index in [0.717, 1.165) is 17.7 Å². The highest BCUT2D eigenvalue weighted by Crippen LogP contribution is 2.14. The van der Waals surface area contributed by atoms with Crippen molar-refractivity contribution in [3.8, 4) is 0 Å². The van der Waals surface area contributed by atoms with Crippen molar-refractivity contribution < 1.29 is 4.79 Å². The van der Waals surface area contributed by atoms with E-state index in [1.54, 1.807) is 0 Å². The van der Waals surface area contributed by atoms with Crippen molar-refractivity contribution in [1.82, 2.24) is 10.6 Å². The molecule has 3 rings (SSSR count). The topological polar surface area (TPSA) is 41.1 Å². The third-order valence-corrected chi connectivity index (χ3v) is 3.98. The molecule has 2 aromatic carbocycles. The third-order valence-electron chi connectivity index (χ3n) is 3.98. The highest BCUT2D eigenvalue weighted by atomic mass is 16.2. The lowest BCUT2D eigenvalue weighted by Gasteiger charge is -2.33. The molecule has 2 N–H and O–H groups in total. The quantitative estimate of drug-likeness (QED) is 0.909. The maximum absolute atomic E-state index is 12.3. The summed E-state index contributed by atoms with van der Waals surface area (Å²) in [5, 5.41) is 6.36. The monoisotopic (exact) mass is 292 g/mol. The number of carbonyl (C=O) groups excluding carboxylic acids is 1. The minimum absolute atomic E-state index is 0.0391. The second kappa shape index (κ2) is 6.48. The molecule has 0 spiro atoms. The summed E-state index contributed by atoms with van der Waals surface area (Å²) < 4.78 is 0. The van der Waals surface area contributed by atoms with Crippen LogP contribution in [0.25, 0.3) is 0 Å². The van der Waals surface area contributed by atoms with Crippen LogP contribution in [0.4, 0.5) is 0 Å². The summed E-state index contributed by atoms with van der Waals surface area (Å²) in [6.45, 7) is 4.09. The van der Waals surface area contributed by atoms with E-state index in [1.807, 2.05) is 48.5 Å². The van der Waals surface area contributed by atoms with Crippen molar-refractivity contribution in [1.29, 1.82) is 0 Å². The number of rotatable bonds is 4. The van der Waals surface area contributed by atoms with E-state index in [9.17, 15) is 4.79 Å². The molecule has 1 heterocycles. The first-order chi connectivity index (χ1) is 10.7. The molecule has 0 bridgehead atoms. The van der Waals surface area contributed by atoms with E-state index < -0.39 is 0 Å². The molecule has 2 aromatic rings. The lowest BCUT2D eigenvalue weighted by Crippen LogP contribution is -2.57. The van der Waals surface area contributed by atoms with Crippen molar-refractivity contribution in [2.75, 3.05) is 0 Å². The molecule has 1 aliphatic rings. The predicted octanol–water partition coefficient (Wildman–Crippen LogP) is 2.44. The average molecular weight is 292 g/mol. The van der Waals surface area contributed by atoms with E-state index in [1.165, 1.54) is 5.56 Å². The van der Waals surface area contributed by atoms with Crippen LogP contribution in [0.1, 0.15) is 11.1 Å². The second-order valence-corrected chi connectivity index (χ2v) is 5.66. The van der Waals surface area contributed by atoms with Crippen molar-refractivity contribution >= 4 is 5.91 Å². The lowest BCUT2D eigenvalue weighted by molar-refractivity contribution is -0.124. The molecule has 22 heavy (non-hydrogen) atoms. The van der Waals surface area contributed by atoms with Gasteiger partial charge in [0.05, 0.1) is 6.04 Å². The minimum atomic E-state index is -0.248. The first kappa shape index (κ1) is 14.4. The van der Waals surface area contributed by atoms with Gasteiger partial charge in [-0.15, -0.1) is 0 Å². The average Bonchev–Trinajstić information content (AvgIpc) is 2.54. The Kier molecular flexibility index (Phi) is 4.24. The zero-order chi connectivity index (χ0) is 15.4. The molecule has 3 heteroatoms. The molecule has 0 aliphatic carbocycles. The summed E-state index contributed by atoms with van der Waals surface area (Å²) >= 11 is 0. The Hall–Kier alpha value is -2.55. The maximum Gasteiger partial charge on any atom is 0.243 e. The molecule has 2 unspecified atom stereocenters. The van der Waals surface area contributed by atoms with Gasteiger partial charge in [0.15, 0.2) is 0 Å². The number of benzene rings is 2. The van der Waals surface area contributed by atoms with E-state index in [-0.39, 0.29) is 18.0 Å². The minimum Gasteiger partial charge on any atom is -0.376 e.